The van der Waals surface area contributed by atoms with Gasteiger partial charge in [0.15, 0.2) is 6.29 Å². The van der Waals surface area contributed by atoms with Crippen molar-refractivity contribution >= 4 is 5.97 Å². The molecule has 2 rings (SSSR count). The molecule has 32 heavy (non-hydrogen) atoms. The number of carbonyl (C=O) groups is 1. The highest BCUT2D eigenvalue weighted by Gasteiger charge is 2.44. The van der Waals surface area contributed by atoms with Crippen LogP contribution in [-0.4, -0.2) is 86.6 Å². The standard InChI is InChI=1S/C23H38O9/c1-13-6-5-7-14(2)16(8-10-23(4,29)11-9-18(25)30-15(13)3)31-22-21(28)20(27)19(26)17(12-24)32-22/h7-8,10,13,15-17,19-22,24,26-29H,5-6,9,11-12H2,1-4H3/b10-8?,14-7+/t13-,15+,16-,17+,19+,20-,21+,22-,23+/m0/s1. The van der Waals surface area contributed by atoms with E-state index in [4.69, 9.17) is 14.2 Å². The summed E-state index contributed by atoms with van der Waals surface area (Å²) in [4.78, 5) is 12.1. The minimum absolute atomic E-state index is 0.0570. The molecule has 0 spiro atoms. The molecule has 184 valence electrons. The Balaban J connectivity index is 2.26. The molecule has 1 fully saturated rings. The van der Waals surface area contributed by atoms with Crippen LogP contribution in [0.25, 0.3) is 0 Å². The Morgan fingerprint density at radius 1 is 1.19 bits per heavy atom. The van der Waals surface area contributed by atoms with Gasteiger partial charge < -0.3 is 39.7 Å². The van der Waals surface area contributed by atoms with Crippen LogP contribution in [0.1, 0.15) is 53.4 Å². The molecule has 0 aromatic heterocycles. The zero-order chi connectivity index (χ0) is 24.1. The molecular formula is C23H38O9. The van der Waals surface area contributed by atoms with Gasteiger partial charge in [-0.3, -0.25) is 4.79 Å². The highest BCUT2D eigenvalue weighted by Crippen LogP contribution is 2.26. The van der Waals surface area contributed by atoms with Gasteiger partial charge in [0.2, 0.25) is 0 Å². The van der Waals surface area contributed by atoms with Gasteiger partial charge in [-0.25, -0.2) is 0 Å². The number of esters is 1. The van der Waals surface area contributed by atoms with Crippen molar-refractivity contribution in [2.45, 2.75) is 102 Å². The Bertz CT molecular complexity index is 672. The third-order valence-electron chi connectivity index (χ3n) is 6.25. The van der Waals surface area contributed by atoms with E-state index >= 15 is 0 Å². The topological polar surface area (TPSA) is 146 Å². The number of aliphatic hydroxyl groups excluding tert-OH is 4. The van der Waals surface area contributed by atoms with Gasteiger partial charge in [-0.1, -0.05) is 25.2 Å². The number of carbonyl (C=O) groups excluding carboxylic acids is 1. The number of cyclic esters (lactones) is 1. The fraction of sp³-hybridized carbons (Fsp3) is 0.783. The fourth-order valence-electron chi connectivity index (χ4n) is 3.67. The summed E-state index contributed by atoms with van der Waals surface area (Å²) in [6, 6.07) is 0. The Labute approximate surface area is 189 Å². The van der Waals surface area contributed by atoms with Crippen LogP contribution in [0.15, 0.2) is 23.8 Å². The molecule has 2 aliphatic rings. The van der Waals surface area contributed by atoms with Crippen LogP contribution in [0.4, 0.5) is 0 Å². The molecule has 0 amide bonds. The Hall–Kier alpha value is -1.33. The third kappa shape index (κ3) is 7.34. The van der Waals surface area contributed by atoms with Gasteiger partial charge in [-0.15, -0.1) is 0 Å². The number of hydrogen-bond donors (Lipinski definition) is 5. The molecule has 5 N–H and O–H groups in total. The molecule has 9 heteroatoms. The van der Waals surface area contributed by atoms with E-state index in [1.165, 1.54) is 6.08 Å². The summed E-state index contributed by atoms with van der Waals surface area (Å²) in [6.45, 7) is 6.71. The lowest BCUT2D eigenvalue weighted by molar-refractivity contribution is -0.305. The van der Waals surface area contributed by atoms with Crippen molar-refractivity contribution in [1.82, 2.24) is 0 Å². The van der Waals surface area contributed by atoms with Crippen molar-refractivity contribution in [3.05, 3.63) is 23.8 Å². The van der Waals surface area contributed by atoms with Gasteiger partial charge in [0.1, 0.15) is 30.5 Å². The highest BCUT2D eigenvalue weighted by molar-refractivity contribution is 5.69. The first kappa shape index (κ1) is 26.9. The highest BCUT2D eigenvalue weighted by atomic mass is 16.7. The molecule has 0 aromatic rings. The summed E-state index contributed by atoms with van der Waals surface area (Å²) in [5, 5.41) is 50.4. The predicted octanol–water partition coefficient (Wildman–Crippen LogP) is 0.567. The van der Waals surface area contributed by atoms with Crippen LogP contribution in [0.2, 0.25) is 0 Å². The number of hydrogen-bond acceptors (Lipinski definition) is 9. The van der Waals surface area contributed by atoms with E-state index in [0.29, 0.717) is 6.42 Å². The Kier molecular flexibility index (Phi) is 9.84. The second-order valence-corrected chi connectivity index (χ2v) is 9.17. The maximum absolute atomic E-state index is 12.1. The summed E-state index contributed by atoms with van der Waals surface area (Å²) in [5.41, 5.74) is -0.516. The SMILES string of the molecule is C/C1=C\CC[C@H](C)[C@@H](C)OC(=O)CC[C@](C)(O)C=C[C@@H]1O[C@H]1O[C@H](CO)[C@@H](O)[C@H](O)[C@H]1O. The quantitative estimate of drug-likeness (QED) is 0.302. The number of rotatable bonds is 3. The monoisotopic (exact) mass is 458 g/mol. The van der Waals surface area contributed by atoms with Gasteiger partial charge in [0, 0.05) is 6.42 Å². The van der Waals surface area contributed by atoms with Gasteiger partial charge in [0.25, 0.3) is 0 Å². The van der Waals surface area contributed by atoms with Crippen LogP contribution >= 0.6 is 0 Å². The van der Waals surface area contributed by atoms with E-state index in [0.717, 1.165) is 12.0 Å². The minimum Gasteiger partial charge on any atom is -0.462 e. The van der Waals surface area contributed by atoms with Crippen LogP contribution in [0.3, 0.4) is 0 Å². The van der Waals surface area contributed by atoms with E-state index in [1.807, 2.05) is 26.8 Å². The lowest BCUT2D eigenvalue weighted by Gasteiger charge is -2.40. The lowest BCUT2D eigenvalue weighted by atomic mass is 9.95. The van der Waals surface area contributed by atoms with Crippen molar-refractivity contribution in [1.29, 1.82) is 0 Å². The molecule has 0 saturated carbocycles. The summed E-state index contributed by atoms with van der Waals surface area (Å²) in [5.74, 6) is -0.234. The zero-order valence-corrected chi connectivity index (χ0v) is 19.3. The first-order valence-electron chi connectivity index (χ1n) is 11.2. The summed E-state index contributed by atoms with van der Waals surface area (Å²) < 4.78 is 16.9. The van der Waals surface area contributed by atoms with Crippen LogP contribution in [0.5, 0.6) is 0 Å². The molecule has 9 nitrogen and oxygen atoms in total. The van der Waals surface area contributed by atoms with Crippen molar-refractivity contribution in [3.63, 3.8) is 0 Å². The summed E-state index contributed by atoms with van der Waals surface area (Å²) in [6.07, 6.45) is -1.14. The molecule has 2 aliphatic heterocycles. The molecule has 0 radical (unpaired) electrons. The van der Waals surface area contributed by atoms with Crippen LogP contribution in [-0.2, 0) is 19.0 Å². The number of aliphatic hydroxyl groups is 5. The van der Waals surface area contributed by atoms with Gasteiger partial charge in [0.05, 0.1) is 18.3 Å². The summed E-state index contributed by atoms with van der Waals surface area (Å²) >= 11 is 0. The molecule has 2 heterocycles. The smallest absolute Gasteiger partial charge is 0.306 e. The Morgan fingerprint density at radius 3 is 2.53 bits per heavy atom. The normalized spacial score (nSPS) is 44.3. The first-order valence-corrected chi connectivity index (χ1v) is 11.2. The zero-order valence-electron chi connectivity index (χ0n) is 19.3. The minimum atomic E-state index is -1.55. The van der Waals surface area contributed by atoms with E-state index in [2.05, 4.69) is 0 Å². The van der Waals surface area contributed by atoms with E-state index in [-0.39, 0.29) is 30.8 Å². The van der Waals surface area contributed by atoms with Gasteiger partial charge in [-0.05, 0) is 51.5 Å². The molecule has 0 bridgehead atoms. The second-order valence-electron chi connectivity index (χ2n) is 9.17. The van der Waals surface area contributed by atoms with Gasteiger partial charge >= 0.3 is 5.97 Å². The van der Waals surface area contributed by atoms with Gasteiger partial charge in [-0.2, -0.15) is 0 Å². The summed E-state index contributed by atoms with van der Waals surface area (Å²) in [7, 11) is 0. The fourth-order valence-corrected chi connectivity index (χ4v) is 3.67. The average molecular weight is 459 g/mol. The van der Waals surface area contributed by atoms with E-state index in [1.54, 1.807) is 13.0 Å². The third-order valence-corrected chi connectivity index (χ3v) is 6.25. The van der Waals surface area contributed by atoms with E-state index < -0.39 is 49.0 Å². The molecule has 0 aromatic carbocycles. The molecule has 0 unspecified atom stereocenters. The molecule has 9 atom stereocenters. The maximum Gasteiger partial charge on any atom is 0.306 e. The second kappa shape index (κ2) is 11.7. The van der Waals surface area contributed by atoms with Crippen LogP contribution < -0.4 is 0 Å². The first-order chi connectivity index (χ1) is 14.9. The van der Waals surface area contributed by atoms with E-state index in [9.17, 15) is 30.3 Å². The molecule has 0 aliphatic carbocycles. The molecular weight excluding hydrogens is 420 g/mol. The van der Waals surface area contributed by atoms with Crippen molar-refractivity contribution in [3.8, 4) is 0 Å². The number of ether oxygens (including phenoxy) is 3. The predicted molar refractivity (Wildman–Crippen MR) is 115 cm³/mol. The van der Waals surface area contributed by atoms with Crippen molar-refractivity contribution in [2.24, 2.45) is 5.92 Å². The average Bonchev–Trinajstić information content (AvgIpc) is 2.74. The largest absolute Gasteiger partial charge is 0.462 e. The van der Waals surface area contributed by atoms with Crippen molar-refractivity contribution in [2.75, 3.05) is 6.61 Å². The maximum atomic E-state index is 12.1. The number of allylic oxidation sites excluding steroid dienone is 1. The van der Waals surface area contributed by atoms with Crippen LogP contribution in [0, 0.1) is 5.92 Å². The molecule has 1 saturated heterocycles. The van der Waals surface area contributed by atoms with Crippen molar-refractivity contribution < 1.29 is 44.5 Å². The Morgan fingerprint density at radius 2 is 1.88 bits per heavy atom. The lowest BCUT2D eigenvalue weighted by Crippen LogP contribution is -2.59.